The highest BCUT2D eigenvalue weighted by atomic mass is 16.5. The zero-order valence-electron chi connectivity index (χ0n) is 16.2. The minimum Gasteiger partial charge on any atom is -0.504 e. The van der Waals surface area contributed by atoms with Gasteiger partial charge in [-0.05, 0) is 12.1 Å². The van der Waals surface area contributed by atoms with E-state index in [1.54, 1.807) is 12.1 Å². The van der Waals surface area contributed by atoms with E-state index in [9.17, 15) is 19.5 Å². The fourth-order valence-electron chi connectivity index (χ4n) is 2.20. The van der Waals surface area contributed by atoms with Gasteiger partial charge in [0.15, 0.2) is 11.5 Å². The van der Waals surface area contributed by atoms with Crippen LogP contribution in [0.3, 0.4) is 0 Å². The van der Waals surface area contributed by atoms with E-state index >= 15 is 0 Å². The van der Waals surface area contributed by atoms with Gasteiger partial charge in [0.25, 0.3) is 0 Å². The Morgan fingerprint density at radius 3 is 1.65 bits per heavy atom. The van der Waals surface area contributed by atoms with Crippen molar-refractivity contribution in [3.63, 3.8) is 0 Å². The lowest BCUT2D eigenvalue weighted by atomic mass is 10.1. The Morgan fingerprint density at radius 1 is 0.806 bits per heavy atom. The molecule has 1 heterocycles. The van der Waals surface area contributed by atoms with Crippen LogP contribution in [0.5, 0.6) is 11.5 Å². The number of benzene rings is 1. The van der Waals surface area contributed by atoms with Gasteiger partial charge in [0.2, 0.25) is 34.8 Å². The first kappa shape index (κ1) is 23.9. The van der Waals surface area contributed by atoms with E-state index in [0.717, 1.165) is 0 Å². The maximum Gasteiger partial charge on any atom is 0.220 e. The average molecular weight is 434 g/mol. The summed E-state index contributed by atoms with van der Waals surface area (Å²) in [7, 11) is 0. The van der Waals surface area contributed by atoms with Gasteiger partial charge in [-0.3, -0.25) is 14.4 Å². The summed E-state index contributed by atoms with van der Waals surface area (Å²) in [5, 5.41) is 27.9. The molecule has 1 aromatic heterocycles. The maximum atomic E-state index is 12.7. The maximum absolute atomic E-state index is 12.7. The van der Waals surface area contributed by atoms with Crippen LogP contribution in [0.1, 0.15) is 31.9 Å². The highest BCUT2D eigenvalue weighted by molar-refractivity contribution is 6.03. The van der Waals surface area contributed by atoms with Crippen LogP contribution in [0.15, 0.2) is 24.3 Å². The molecule has 0 saturated heterocycles. The van der Waals surface area contributed by atoms with E-state index in [2.05, 4.69) is 15.0 Å². The first-order chi connectivity index (χ1) is 14.7. The summed E-state index contributed by atoms with van der Waals surface area (Å²) >= 11 is 0. The molecule has 13 heteroatoms. The summed E-state index contributed by atoms with van der Waals surface area (Å²) in [6, 6.07) is 1.85. The SMILES string of the molecule is NC(CO)C(=O)c1nc(C(=O)C(N)CO)nc(C(=O)C(N)COc2ccccc2O)n1. The third-order valence-corrected chi connectivity index (χ3v) is 3.98. The van der Waals surface area contributed by atoms with Crippen molar-refractivity contribution in [1.82, 2.24) is 15.0 Å². The van der Waals surface area contributed by atoms with Gasteiger partial charge in [-0.25, -0.2) is 15.0 Å². The predicted molar refractivity (Wildman–Crippen MR) is 105 cm³/mol. The van der Waals surface area contributed by atoms with Crippen molar-refractivity contribution in [2.24, 2.45) is 17.2 Å². The lowest BCUT2D eigenvalue weighted by Gasteiger charge is -2.14. The smallest absolute Gasteiger partial charge is 0.220 e. The van der Waals surface area contributed by atoms with Gasteiger partial charge in [0.1, 0.15) is 12.6 Å². The van der Waals surface area contributed by atoms with E-state index < -0.39 is 66.2 Å². The van der Waals surface area contributed by atoms with Gasteiger partial charge in [0.05, 0.1) is 25.3 Å². The van der Waals surface area contributed by atoms with E-state index in [1.165, 1.54) is 12.1 Å². The molecule has 3 unspecified atom stereocenters. The molecule has 0 radical (unpaired) electrons. The van der Waals surface area contributed by atoms with Crippen molar-refractivity contribution in [3.8, 4) is 11.5 Å². The summed E-state index contributed by atoms with van der Waals surface area (Å²) in [6.07, 6.45) is 0. The number of nitrogens with two attached hydrogens (primary N) is 3. The number of aromatic hydroxyl groups is 1. The molecule has 0 amide bonds. The molecule has 2 aromatic rings. The molecule has 0 bridgehead atoms. The van der Waals surface area contributed by atoms with Crippen LogP contribution in [0.4, 0.5) is 0 Å². The Morgan fingerprint density at radius 2 is 1.23 bits per heavy atom. The zero-order valence-corrected chi connectivity index (χ0v) is 16.2. The lowest BCUT2D eigenvalue weighted by molar-refractivity contribution is 0.0902. The number of ether oxygens (including phenoxy) is 1. The number of hydrogen-bond donors (Lipinski definition) is 6. The van der Waals surface area contributed by atoms with Gasteiger partial charge in [-0.15, -0.1) is 0 Å². The van der Waals surface area contributed by atoms with Gasteiger partial charge in [-0.1, -0.05) is 12.1 Å². The number of carbonyl (C=O) groups is 3. The highest BCUT2D eigenvalue weighted by Gasteiger charge is 2.28. The second-order valence-electron chi connectivity index (χ2n) is 6.36. The minimum absolute atomic E-state index is 0.0796. The molecule has 0 aliphatic heterocycles. The molecule has 1 aromatic carbocycles. The molecule has 0 fully saturated rings. The van der Waals surface area contributed by atoms with Crippen molar-refractivity contribution in [2.75, 3.05) is 19.8 Å². The number of rotatable bonds is 11. The van der Waals surface area contributed by atoms with Crippen LogP contribution >= 0.6 is 0 Å². The largest absolute Gasteiger partial charge is 0.504 e. The van der Waals surface area contributed by atoms with E-state index in [4.69, 9.17) is 32.2 Å². The Kier molecular flexibility index (Phi) is 8.18. The van der Waals surface area contributed by atoms with Crippen molar-refractivity contribution < 1.29 is 34.4 Å². The number of aliphatic hydroxyl groups is 2. The average Bonchev–Trinajstić information content (AvgIpc) is 2.80. The second kappa shape index (κ2) is 10.6. The number of ketones is 3. The first-order valence-electron chi connectivity index (χ1n) is 8.97. The summed E-state index contributed by atoms with van der Waals surface area (Å²) in [6.45, 7) is -1.86. The third-order valence-electron chi connectivity index (χ3n) is 3.98. The van der Waals surface area contributed by atoms with Crippen LogP contribution in [-0.4, -0.2) is 85.6 Å². The van der Waals surface area contributed by atoms with E-state index in [-0.39, 0.29) is 18.1 Å². The van der Waals surface area contributed by atoms with Crippen molar-refractivity contribution in [2.45, 2.75) is 18.1 Å². The second-order valence-corrected chi connectivity index (χ2v) is 6.36. The monoisotopic (exact) mass is 434 g/mol. The molecule has 3 atom stereocenters. The molecular weight excluding hydrogens is 412 g/mol. The molecule has 0 aliphatic rings. The Labute approximate surface area is 175 Å². The Hall–Kier alpha value is -3.36. The quantitative estimate of drug-likeness (QED) is 0.196. The number of phenols is 1. The van der Waals surface area contributed by atoms with E-state index in [1.807, 2.05) is 0 Å². The number of phenolic OH excluding ortho intramolecular Hbond substituents is 1. The molecule has 13 nitrogen and oxygen atoms in total. The molecular formula is C18H22N6O7. The Bertz CT molecular complexity index is 930. The van der Waals surface area contributed by atoms with Gasteiger partial charge < -0.3 is 37.3 Å². The minimum atomic E-state index is -1.40. The van der Waals surface area contributed by atoms with Gasteiger partial charge in [-0.2, -0.15) is 0 Å². The number of hydrogen-bond acceptors (Lipinski definition) is 13. The number of nitrogens with zero attached hydrogens (tertiary/aromatic N) is 3. The highest BCUT2D eigenvalue weighted by Crippen LogP contribution is 2.24. The molecule has 0 spiro atoms. The first-order valence-corrected chi connectivity index (χ1v) is 8.97. The Balaban J connectivity index is 2.33. The zero-order chi connectivity index (χ0) is 23.1. The van der Waals surface area contributed by atoms with Crippen molar-refractivity contribution in [3.05, 3.63) is 41.7 Å². The summed E-state index contributed by atoms with van der Waals surface area (Å²) in [5.41, 5.74) is 16.8. The van der Waals surface area contributed by atoms with Crippen LogP contribution in [0.2, 0.25) is 0 Å². The van der Waals surface area contributed by atoms with Crippen molar-refractivity contribution in [1.29, 1.82) is 0 Å². The summed E-state index contributed by atoms with van der Waals surface area (Å²) < 4.78 is 5.30. The third kappa shape index (κ3) is 5.84. The molecule has 31 heavy (non-hydrogen) atoms. The van der Waals surface area contributed by atoms with Crippen LogP contribution in [-0.2, 0) is 0 Å². The van der Waals surface area contributed by atoms with Gasteiger partial charge >= 0.3 is 0 Å². The standard InChI is InChI=1S/C18H22N6O7/c19-8(5-25)13(28)16-22-17(14(29)9(20)6-26)24-18(23-16)15(30)10(21)7-31-12-4-2-1-3-11(12)27/h1-4,8-10,25-27H,5-7,19-21H2. The van der Waals surface area contributed by atoms with Crippen LogP contribution in [0.25, 0.3) is 0 Å². The van der Waals surface area contributed by atoms with Gasteiger partial charge in [0, 0.05) is 0 Å². The number of aromatic nitrogens is 3. The molecule has 0 aliphatic carbocycles. The normalized spacial score (nSPS) is 13.8. The lowest BCUT2D eigenvalue weighted by Crippen LogP contribution is -2.41. The molecule has 0 saturated carbocycles. The fraction of sp³-hybridized carbons (Fsp3) is 0.333. The molecule has 9 N–H and O–H groups in total. The van der Waals surface area contributed by atoms with E-state index in [0.29, 0.717) is 0 Å². The summed E-state index contributed by atoms with van der Waals surface area (Å²) in [4.78, 5) is 48.3. The number of aliphatic hydroxyl groups excluding tert-OH is 2. The molecule has 166 valence electrons. The predicted octanol–water partition coefficient (Wildman–Crippen LogP) is -2.83. The number of Topliss-reactive ketones (excluding diaryl/α,β-unsaturated/α-hetero) is 3. The molecule has 2 rings (SSSR count). The topological polar surface area (TPSA) is 238 Å². The number of carbonyl (C=O) groups excluding carboxylic acids is 3. The number of para-hydroxylation sites is 2. The van der Waals surface area contributed by atoms with Crippen molar-refractivity contribution >= 4 is 17.3 Å². The van der Waals surface area contributed by atoms with Crippen LogP contribution in [0, 0.1) is 0 Å². The van der Waals surface area contributed by atoms with Crippen LogP contribution < -0.4 is 21.9 Å². The fourth-order valence-corrected chi connectivity index (χ4v) is 2.20. The summed E-state index contributed by atoms with van der Waals surface area (Å²) in [5.74, 6) is -4.84.